The third-order valence-corrected chi connectivity index (χ3v) is 3.77. The maximum atomic E-state index is 12.6. The van der Waals surface area contributed by atoms with Crippen molar-refractivity contribution in [1.29, 1.82) is 0 Å². The number of piperidine rings is 1. The third kappa shape index (κ3) is 2.79. The van der Waals surface area contributed by atoms with Crippen molar-refractivity contribution in [2.45, 2.75) is 18.9 Å². The number of likely N-dealkylation sites (tertiary alicyclic amines) is 1. The van der Waals surface area contributed by atoms with Gasteiger partial charge >= 0.3 is 0 Å². The lowest BCUT2D eigenvalue weighted by molar-refractivity contribution is 0.0711. The summed E-state index contributed by atoms with van der Waals surface area (Å²) >= 11 is 0. The number of carbonyl (C=O) groups excluding carboxylic acids is 1. The van der Waals surface area contributed by atoms with Crippen molar-refractivity contribution >= 4 is 29.1 Å². The van der Waals surface area contributed by atoms with Crippen molar-refractivity contribution in [3.8, 4) is 0 Å². The van der Waals surface area contributed by atoms with Crippen LogP contribution in [0, 0.1) is 0 Å². The Morgan fingerprint density at radius 3 is 2.70 bits per heavy atom. The van der Waals surface area contributed by atoms with Gasteiger partial charge in [-0.15, -0.1) is 12.4 Å². The molecule has 20 heavy (non-hydrogen) atoms. The minimum absolute atomic E-state index is 0. The fourth-order valence-electron chi connectivity index (χ4n) is 2.78. The minimum Gasteiger partial charge on any atom is -0.337 e. The number of hydrogen-bond acceptors (Lipinski definition) is 2. The number of hydrogen-bond donors (Lipinski definition) is 1. The number of amides is 1. The van der Waals surface area contributed by atoms with Crippen LogP contribution in [0.15, 0.2) is 42.5 Å². The summed E-state index contributed by atoms with van der Waals surface area (Å²) in [6, 6.07) is 14.0. The average molecular weight is 291 g/mol. The second-order valence-electron chi connectivity index (χ2n) is 5.18. The zero-order valence-electron chi connectivity index (χ0n) is 11.3. The van der Waals surface area contributed by atoms with Crippen LogP contribution in [0.2, 0.25) is 0 Å². The topological polar surface area (TPSA) is 46.3 Å². The highest BCUT2D eigenvalue weighted by atomic mass is 35.5. The van der Waals surface area contributed by atoms with Gasteiger partial charge in [0.1, 0.15) is 0 Å². The highest BCUT2D eigenvalue weighted by molar-refractivity contribution is 6.07. The summed E-state index contributed by atoms with van der Waals surface area (Å²) in [5, 5.41) is 2.13. The first-order valence-electron chi connectivity index (χ1n) is 6.78. The molecule has 3 rings (SSSR count). The lowest BCUT2D eigenvalue weighted by atomic mass is 10.0. The van der Waals surface area contributed by atoms with Crippen LogP contribution in [0.3, 0.4) is 0 Å². The minimum atomic E-state index is 0. The molecule has 106 valence electrons. The van der Waals surface area contributed by atoms with Gasteiger partial charge in [-0.1, -0.05) is 36.4 Å². The van der Waals surface area contributed by atoms with Gasteiger partial charge in [0.15, 0.2) is 0 Å². The predicted molar refractivity (Wildman–Crippen MR) is 84.3 cm³/mol. The molecule has 1 amide bonds. The maximum absolute atomic E-state index is 12.6. The second-order valence-corrected chi connectivity index (χ2v) is 5.18. The Labute approximate surface area is 125 Å². The smallest absolute Gasteiger partial charge is 0.254 e. The first-order chi connectivity index (χ1) is 9.25. The lowest BCUT2D eigenvalue weighted by Gasteiger charge is -2.31. The van der Waals surface area contributed by atoms with E-state index in [0.717, 1.165) is 35.7 Å². The standard InChI is InChI=1S/C16H18N2O.ClH/c17-13-7-4-10-18(11-13)16(19)15-9-3-6-12-5-1-2-8-14(12)15;/h1-3,5-6,8-9,13H,4,7,10-11,17H2;1H. The molecule has 1 saturated heterocycles. The van der Waals surface area contributed by atoms with Crippen LogP contribution in [-0.2, 0) is 0 Å². The van der Waals surface area contributed by atoms with Gasteiger partial charge in [0, 0.05) is 24.7 Å². The molecule has 4 heteroatoms. The van der Waals surface area contributed by atoms with E-state index in [2.05, 4.69) is 0 Å². The Morgan fingerprint density at radius 2 is 1.90 bits per heavy atom. The van der Waals surface area contributed by atoms with E-state index < -0.39 is 0 Å². The van der Waals surface area contributed by atoms with Crippen LogP contribution in [0.1, 0.15) is 23.2 Å². The summed E-state index contributed by atoms with van der Waals surface area (Å²) in [7, 11) is 0. The number of fused-ring (bicyclic) bond motifs is 1. The Morgan fingerprint density at radius 1 is 1.15 bits per heavy atom. The molecule has 0 aromatic heterocycles. The maximum Gasteiger partial charge on any atom is 0.254 e. The summed E-state index contributed by atoms with van der Waals surface area (Å²) in [5.41, 5.74) is 6.74. The van der Waals surface area contributed by atoms with Gasteiger partial charge < -0.3 is 10.6 Å². The normalized spacial score (nSPS) is 18.6. The molecular weight excluding hydrogens is 272 g/mol. The number of rotatable bonds is 1. The largest absolute Gasteiger partial charge is 0.337 e. The monoisotopic (exact) mass is 290 g/mol. The molecule has 1 unspecified atom stereocenters. The SMILES string of the molecule is Cl.NC1CCCN(C(=O)c2cccc3ccccc23)C1. The fraction of sp³-hybridized carbons (Fsp3) is 0.312. The Kier molecular flexibility index (Phi) is 4.63. The van der Waals surface area contributed by atoms with Crippen LogP contribution < -0.4 is 5.73 Å². The molecule has 0 bridgehead atoms. The molecule has 3 nitrogen and oxygen atoms in total. The van der Waals surface area contributed by atoms with Crippen molar-refractivity contribution in [3.63, 3.8) is 0 Å². The molecular formula is C16H19ClN2O. The van der Waals surface area contributed by atoms with Gasteiger partial charge in [0.05, 0.1) is 0 Å². The predicted octanol–water partition coefficient (Wildman–Crippen LogP) is 2.82. The van der Waals surface area contributed by atoms with Crippen LogP contribution in [0.5, 0.6) is 0 Å². The van der Waals surface area contributed by atoms with Gasteiger partial charge in [-0.25, -0.2) is 0 Å². The second kappa shape index (κ2) is 6.25. The zero-order chi connectivity index (χ0) is 13.2. The van der Waals surface area contributed by atoms with E-state index >= 15 is 0 Å². The molecule has 0 radical (unpaired) electrons. The first-order valence-corrected chi connectivity index (χ1v) is 6.78. The number of carbonyl (C=O) groups is 1. The third-order valence-electron chi connectivity index (χ3n) is 3.77. The van der Waals surface area contributed by atoms with E-state index in [-0.39, 0.29) is 24.4 Å². The molecule has 2 aromatic rings. The summed E-state index contributed by atoms with van der Waals surface area (Å²) in [6.45, 7) is 1.48. The van der Waals surface area contributed by atoms with Gasteiger partial charge in [-0.3, -0.25) is 4.79 Å². The Hall–Kier alpha value is -1.58. The number of nitrogens with zero attached hydrogens (tertiary/aromatic N) is 1. The molecule has 1 aliphatic heterocycles. The fourth-order valence-corrected chi connectivity index (χ4v) is 2.78. The highest BCUT2D eigenvalue weighted by Crippen LogP contribution is 2.21. The first kappa shape index (κ1) is 14.8. The molecule has 1 heterocycles. The molecule has 2 aromatic carbocycles. The van der Waals surface area contributed by atoms with E-state index in [1.807, 2.05) is 47.4 Å². The molecule has 0 spiro atoms. The molecule has 0 aliphatic carbocycles. The van der Waals surface area contributed by atoms with Crippen molar-refractivity contribution < 1.29 is 4.79 Å². The van der Waals surface area contributed by atoms with Crippen LogP contribution >= 0.6 is 12.4 Å². The van der Waals surface area contributed by atoms with Crippen molar-refractivity contribution in [1.82, 2.24) is 4.90 Å². The number of nitrogens with two attached hydrogens (primary N) is 1. The van der Waals surface area contributed by atoms with Crippen LogP contribution in [0.25, 0.3) is 10.8 Å². The van der Waals surface area contributed by atoms with E-state index in [9.17, 15) is 4.79 Å². The van der Waals surface area contributed by atoms with Crippen LogP contribution in [-0.4, -0.2) is 29.9 Å². The van der Waals surface area contributed by atoms with E-state index in [0.29, 0.717) is 6.54 Å². The zero-order valence-corrected chi connectivity index (χ0v) is 12.1. The summed E-state index contributed by atoms with van der Waals surface area (Å²) < 4.78 is 0. The van der Waals surface area contributed by atoms with Gasteiger partial charge in [0.25, 0.3) is 5.91 Å². The molecule has 1 aliphatic rings. The molecule has 2 N–H and O–H groups in total. The van der Waals surface area contributed by atoms with E-state index in [1.165, 1.54) is 0 Å². The summed E-state index contributed by atoms with van der Waals surface area (Å²) in [6.07, 6.45) is 2.01. The van der Waals surface area contributed by atoms with E-state index in [4.69, 9.17) is 5.73 Å². The number of halogens is 1. The molecule has 0 saturated carbocycles. The van der Waals surface area contributed by atoms with Crippen molar-refractivity contribution in [3.05, 3.63) is 48.0 Å². The lowest BCUT2D eigenvalue weighted by Crippen LogP contribution is -2.45. The molecule has 1 atom stereocenters. The average Bonchev–Trinajstić information content (AvgIpc) is 2.46. The van der Waals surface area contributed by atoms with Crippen LogP contribution in [0.4, 0.5) is 0 Å². The molecule has 1 fully saturated rings. The Balaban J connectivity index is 0.00000147. The van der Waals surface area contributed by atoms with Gasteiger partial charge in [-0.2, -0.15) is 0 Å². The Bertz CT molecular complexity index is 609. The number of benzene rings is 2. The summed E-state index contributed by atoms with van der Waals surface area (Å²) in [4.78, 5) is 14.5. The van der Waals surface area contributed by atoms with E-state index in [1.54, 1.807) is 0 Å². The quantitative estimate of drug-likeness (QED) is 0.878. The van der Waals surface area contributed by atoms with Gasteiger partial charge in [-0.05, 0) is 29.7 Å². The highest BCUT2D eigenvalue weighted by Gasteiger charge is 2.23. The van der Waals surface area contributed by atoms with Gasteiger partial charge in [0.2, 0.25) is 0 Å². The van der Waals surface area contributed by atoms with Crippen molar-refractivity contribution in [2.75, 3.05) is 13.1 Å². The van der Waals surface area contributed by atoms with Crippen molar-refractivity contribution in [2.24, 2.45) is 5.73 Å². The summed E-state index contributed by atoms with van der Waals surface area (Å²) in [5.74, 6) is 0.104.